The molecular formula is C24H19FN2O3. The Balaban J connectivity index is 1.61. The minimum Gasteiger partial charge on any atom is -0.273 e. The fourth-order valence-corrected chi connectivity index (χ4v) is 4.26. The van der Waals surface area contributed by atoms with Crippen LogP contribution in [0.3, 0.4) is 0 Å². The molecular weight excluding hydrogens is 383 g/mol. The zero-order valence-corrected chi connectivity index (χ0v) is 16.2. The summed E-state index contributed by atoms with van der Waals surface area (Å²) in [4.78, 5) is 33.9. The molecule has 0 bridgehead atoms. The lowest BCUT2D eigenvalue weighted by atomic mass is 9.90. The van der Waals surface area contributed by atoms with E-state index < -0.39 is 18.1 Å². The monoisotopic (exact) mass is 402 g/mol. The molecule has 6 heteroatoms. The Bertz CT molecular complexity index is 1120. The van der Waals surface area contributed by atoms with Crippen LogP contribution in [0.4, 0.5) is 15.8 Å². The first-order chi connectivity index (χ1) is 14.6. The Morgan fingerprint density at radius 1 is 0.833 bits per heavy atom. The van der Waals surface area contributed by atoms with Crippen LogP contribution in [0.1, 0.15) is 17.2 Å². The van der Waals surface area contributed by atoms with Gasteiger partial charge in [0, 0.05) is 0 Å². The van der Waals surface area contributed by atoms with Crippen LogP contribution in [0.15, 0.2) is 78.9 Å². The van der Waals surface area contributed by atoms with E-state index in [-0.39, 0.29) is 17.6 Å². The van der Waals surface area contributed by atoms with E-state index in [1.807, 2.05) is 37.3 Å². The van der Waals surface area contributed by atoms with E-state index >= 15 is 0 Å². The Kier molecular flexibility index (Phi) is 4.37. The number of carbonyl (C=O) groups is 2. The van der Waals surface area contributed by atoms with Crippen molar-refractivity contribution in [2.75, 3.05) is 9.96 Å². The van der Waals surface area contributed by atoms with Crippen LogP contribution in [-0.4, -0.2) is 17.9 Å². The molecule has 5 rings (SSSR count). The average Bonchev–Trinajstić information content (AvgIpc) is 3.26. The lowest BCUT2D eigenvalue weighted by Crippen LogP contribution is -2.37. The predicted molar refractivity (Wildman–Crippen MR) is 110 cm³/mol. The molecule has 0 aliphatic carbocycles. The van der Waals surface area contributed by atoms with Crippen molar-refractivity contribution < 1.29 is 18.8 Å². The summed E-state index contributed by atoms with van der Waals surface area (Å²) in [6.07, 6.45) is -0.938. The lowest BCUT2D eigenvalue weighted by Gasteiger charge is -2.29. The lowest BCUT2D eigenvalue weighted by molar-refractivity contribution is -0.126. The van der Waals surface area contributed by atoms with E-state index in [2.05, 4.69) is 0 Å². The van der Waals surface area contributed by atoms with E-state index in [4.69, 9.17) is 4.84 Å². The molecule has 2 amide bonds. The highest BCUT2D eigenvalue weighted by atomic mass is 19.1. The highest BCUT2D eigenvalue weighted by molar-refractivity contribution is 6.23. The van der Waals surface area contributed by atoms with E-state index in [0.29, 0.717) is 11.3 Å². The second-order valence-electron chi connectivity index (χ2n) is 7.51. The Hall–Kier alpha value is -3.51. The maximum Gasteiger partial charge on any atom is 0.266 e. The number of nitrogens with zero attached hydrogens (tertiary/aromatic N) is 2. The number of anilines is 2. The summed E-state index contributed by atoms with van der Waals surface area (Å²) in [5, 5.41) is 1.63. The van der Waals surface area contributed by atoms with Crippen LogP contribution >= 0.6 is 0 Å². The summed E-state index contributed by atoms with van der Waals surface area (Å²) in [6, 6.07) is 21.9. The predicted octanol–water partition coefficient (Wildman–Crippen LogP) is 4.19. The number of hydroxylamine groups is 1. The van der Waals surface area contributed by atoms with Gasteiger partial charge in [-0.05, 0) is 48.4 Å². The zero-order chi connectivity index (χ0) is 20.8. The van der Waals surface area contributed by atoms with E-state index in [0.717, 1.165) is 11.3 Å². The van der Waals surface area contributed by atoms with Gasteiger partial charge in [0.2, 0.25) is 5.91 Å². The topological polar surface area (TPSA) is 49.9 Å². The molecule has 30 heavy (non-hydrogen) atoms. The summed E-state index contributed by atoms with van der Waals surface area (Å²) >= 11 is 0. The molecule has 3 aromatic carbocycles. The Morgan fingerprint density at radius 2 is 1.50 bits per heavy atom. The van der Waals surface area contributed by atoms with Crippen LogP contribution in [0, 0.1) is 18.7 Å². The molecule has 2 fully saturated rings. The number of aryl methyl sites for hydroxylation is 1. The smallest absolute Gasteiger partial charge is 0.266 e. The summed E-state index contributed by atoms with van der Waals surface area (Å²) < 4.78 is 13.6. The Morgan fingerprint density at radius 3 is 2.20 bits per heavy atom. The fourth-order valence-electron chi connectivity index (χ4n) is 4.26. The second-order valence-corrected chi connectivity index (χ2v) is 7.51. The van der Waals surface area contributed by atoms with Gasteiger partial charge in [0.25, 0.3) is 5.91 Å². The first kappa shape index (κ1) is 18.5. The third-order valence-corrected chi connectivity index (χ3v) is 5.69. The van der Waals surface area contributed by atoms with Crippen molar-refractivity contribution in [2.45, 2.75) is 19.1 Å². The summed E-state index contributed by atoms with van der Waals surface area (Å²) in [5.41, 5.74) is 2.95. The van der Waals surface area contributed by atoms with E-state index in [9.17, 15) is 14.0 Å². The Labute approximate surface area is 173 Å². The van der Waals surface area contributed by atoms with Crippen molar-refractivity contribution in [3.63, 3.8) is 0 Å². The van der Waals surface area contributed by atoms with Gasteiger partial charge < -0.3 is 0 Å². The van der Waals surface area contributed by atoms with Gasteiger partial charge in [-0.3, -0.25) is 14.4 Å². The molecule has 3 aromatic rings. The number of benzene rings is 3. The van der Waals surface area contributed by atoms with Crippen molar-refractivity contribution in [1.82, 2.24) is 0 Å². The average molecular weight is 402 g/mol. The summed E-state index contributed by atoms with van der Waals surface area (Å²) in [7, 11) is 0. The van der Waals surface area contributed by atoms with Gasteiger partial charge in [0.15, 0.2) is 6.10 Å². The first-order valence-electron chi connectivity index (χ1n) is 9.76. The number of hydrogen-bond donors (Lipinski definition) is 0. The largest absolute Gasteiger partial charge is 0.273 e. The van der Waals surface area contributed by atoms with E-state index in [1.54, 1.807) is 41.5 Å². The first-order valence-corrected chi connectivity index (χ1v) is 9.76. The number of halogens is 1. The van der Waals surface area contributed by atoms with E-state index in [1.165, 1.54) is 17.0 Å². The van der Waals surface area contributed by atoms with Crippen LogP contribution < -0.4 is 9.96 Å². The van der Waals surface area contributed by atoms with Gasteiger partial charge in [-0.1, -0.05) is 48.5 Å². The molecule has 0 spiro atoms. The normalized spacial score (nSPS) is 23.2. The molecule has 0 N–H and O–H groups in total. The minimum atomic E-state index is -0.938. The number of fused-ring (bicyclic) bond motifs is 1. The zero-order valence-electron chi connectivity index (χ0n) is 16.2. The van der Waals surface area contributed by atoms with Gasteiger partial charge in [-0.25, -0.2) is 14.4 Å². The molecule has 2 aliphatic heterocycles. The molecule has 3 atom stereocenters. The molecule has 2 aliphatic rings. The maximum atomic E-state index is 13.6. The SMILES string of the molecule is Cc1ccccc1N1O[C@H]2C(=O)N(c3ccccc3)C(=O)[C@@H]2[C@@H]1c1ccc(F)cc1. The minimum absolute atomic E-state index is 0.318. The molecule has 0 saturated carbocycles. The third kappa shape index (κ3) is 2.80. The van der Waals surface area contributed by atoms with Crippen molar-refractivity contribution in [3.05, 3.63) is 95.8 Å². The van der Waals surface area contributed by atoms with Gasteiger partial charge in [0.1, 0.15) is 11.7 Å². The van der Waals surface area contributed by atoms with Crippen molar-refractivity contribution in [1.29, 1.82) is 0 Å². The number of hydrogen-bond acceptors (Lipinski definition) is 4. The molecule has 150 valence electrons. The molecule has 2 heterocycles. The van der Waals surface area contributed by atoms with Crippen LogP contribution in [-0.2, 0) is 14.4 Å². The van der Waals surface area contributed by atoms with Crippen LogP contribution in [0.5, 0.6) is 0 Å². The number of carbonyl (C=O) groups excluding carboxylic acids is 2. The fraction of sp³-hybridized carbons (Fsp3) is 0.167. The highest BCUT2D eigenvalue weighted by Crippen LogP contribution is 2.48. The third-order valence-electron chi connectivity index (χ3n) is 5.69. The second kappa shape index (κ2) is 7.07. The van der Waals surface area contributed by atoms with Gasteiger partial charge in [0.05, 0.1) is 17.4 Å². The highest BCUT2D eigenvalue weighted by Gasteiger charge is 2.60. The van der Waals surface area contributed by atoms with Gasteiger partial charge >= 0.3 is 0 Å². The van der Waals surface area contributed by atoms with Gasteiger partial charge in [-0.15, -0.1) is 0 Å². The molecule has 0 aromatic heterocycles. The maximum absolute atomic E-state index is 13.6. The van der Waals surface area contributed by atoms with Gasteiger partial charge in [-0.2, -0.15) is 0 Å². The summed E-state index contributed by atoms with van der Waals surface area (Å²) in [6.45, 7) is 1.94. The number of amides is 2. The van der Waals surface area contributed by atoms with Crippen LogP contribution in [0.2, 0.25) is 0 Å². The molecule has 2 saturated heterocycles. The number of para-hydroxylation sites is 2. The molecule has 0 radical (unpaired) electrons. The quantitative estimate of drug-likeness (QED) is 0.617. The van der Waals surface area contributed by atoms with Crippen molar-refractivity contribution in [2.24, 2.45) is 5.92 Å². The standard InChI is InChI=1S/C24H19FN2O3/c1-15-7-5-6-10-19(15)27-21(16-11-13-17(25)14-12-16)20-22(30-27)24(29)26(23(20)28)18-8-3-2-4-9-18/h2-14,20-22H,1H3/t20-,21+,22-/m1/s1. The summed E-state index contributed by atoms with van der Waals surface area (Å²) in [5.74, 6) is -1.81. The van der Waals surface area contributed by atoms with Crippen molar-refractivity contribution >= 4 is 23.2 Å². The molecule has 0 unspecified atom stereocenters. The van der Waals surface area contributed by atoms with Crippen molar-refractivity contribution in [3.8, 4) is 0 Å². The van der Waals surface area contributed by atoms with Crippen LogP contribution in [0.25, 0.3) is 0 Å². The number of imide groups is 1. The molecule has 5 nitrogen and oxygen atoms in total. The number of rotatable bonds is 3.